The lowest BCUT2D eigenvalue weighted by molar-refractivity contribution is -0.120. The zero-order chi connectivity index (χ0) is 19.4. The van der Waals surface area contributed by atoms with Crippen LogP contribution in [-0.2, 0) is 11.2 Å². The van der Waals surface area contributed by atoms with E-state index in [-0.39, 0.29) is 11.9 Å². The Balaban J connectivity index is 1.65. The summed E-state index contributed by atoms with van der Waals surface area (Å²) in [6, 6.07) is 14.1. The van der Waals surface area contributed by atoms with Gasteiger partial charge in [0.1, 0.15) is 11.3 Å². The Hall–Kier alpha value is -2.79. The second kappa shape index (κ2) is 8.27. The molecule has 1 heterocycles. The Bertz CT molecular complexity index is 913. The molecule has 142 valence electrons. The van der Waals surface area contributed by atoms with Crippen LogP contribution in [0, 0.1) is 6.92 Å². The van der Waals surface area contributed by atoms with Crippen molar-refractivity contribution in [2.75, 3.05) is 27.7 Å². The summed E-state index contributed by atoms with van der Waals surface area (Å²) in [4.78, 5) is 14.6. The smallest absolute Gasteiger partial charge is 0.224 e. The third-order valence-corrected chi connectivity index (χ3v) is 4.78. The average molecular weight is 366 g/mol. The van der Waals surface area contributed by atoms with Crippen LogP contribution in [-0.4, -0.2) is 38.6 Å². The van der Waals surface area contributed by atoms with Crippen molar-refractivity contribution in [2.45, 2.75) is 19.4 Å². The number of benzene rings is 2. The molecule has 1 atom stereocenters. The van der Waals surface area contributed by atoms with Crippen LogP contribution in [0.15, 0.2) is 53.1 Å². The molecule has 0 aliphatic rings. The number of aryl methyl sites for hydroxylation is 1. The number of amides is 1. The van der Waals surface area contributed by atoms with E-state index in [1.807, 2.05) is 63.5 Å². The molecule has 0 saturated heterocycles. The van der Waals surface area contributed by atoms with E-state index in [9.17, 15) is 4.79 Å². The standard InChI is InChI=1S/C22H26N2O3/c1-15-5-10-19-17(14-27-21(19)11-15)12-22(25)23-13-20(24(2)3)16-6-8-18(26-4)9-7-16/h5-11,14,20H,12-13H2,1-4H3,(H,23,25)/t20-/m0/s1. The maximum atomic E-state index is 12.5. The molecule has 0 radical (unpaired) electrons. The van der Waals surface area contributed by atoms with E-state index in [0.717, 1.165) is 33.4 Å². The van der Waals surface area contributed by atoms with Crippen LogP contribution in [0.3, 0.4) is 0 Å². The number of ether oxygens (including phenoxy) is 1. The predicted octanol–water partition coefficient (Wildman–Crippen LogP) is 3.71. The van der Waals surface area contributed by atoms with E-state index in [0.29, 0.717) is 13.0 Å². The molecule has 1 amide bonds. The monoisotopic (exact) mass is 366 g/mol. The van der Waals surface area contributed by atoms with Crippen molar-refractivity contribution in [3.63, 3.8) is 0 Å². The number of carbonyl (C=O) groups is 1. The van der Waals surface area contributed by atoms with Gasteiger partial charge >= 0.3 is 0 Å². The van der Waals surface area contributed by atoms with Crippen molar-refractivity contribution in [3.05, 3.63) is 65.4 Å². The van der Waals surface area contributed by atoms with E-state index in [1.54, 1.807) is 13.4 Å². The number of hydrogen-bond acceptors (Lipinski definition) is 4. The summed E-state index contributed by atoms with van der Waals surface area (Å²) in [5.74, 6) is 0.806. The quantitative estimate of drug-likeness (QED) is 0.693. The minimum Gasteiger partial charge on any atom is -0.497 e. The molecular formula is C22H26N2O3. The number of likely N-dealkylation sites (N-methyl/N-ethyl adjacent to an activating group) is 1. The number of hydrogen-bond donors (Lipinski definition) is 1. The largest absolute Gasteiger partial charge is 0.497 e. The summed E-state index contributed by atoms with van der Waals surface area (Å²) < 4.78 is 10.8. The summed E-state index contributed by atoms with van der Waals surface area (Å²) >= 11 is 0. The third-order valence-electron chi connectivity index (χ3n) is 4.78. The van der Waals surface area contributed by atoms with Crippen LogP contribution < -0.4 is 10.1 Å². The van der Waals surface area contributed by atoms with Crippen LogP contribution in [0.5, 0.6) is 5.75 Å². The fraction of sp³-hybridized carbons (Fsp3) is 0.318. The van der Waals surface area contributed by atoms with Gasteiger partial charge in [0.05, 0.1) is 25.8 Å². The van der Waals surface area contributed by atoms with Crippen molar-refractivity contribution in [3.8, 4) is 5.75 Å². The summed E-state index contributed by atoms with van der Waals surface area (Å²) in [5.41, 5.74) is 4.00. The zero-order valence-corrected chi connectivity index (χ0v) is 16.3. The van der Waals surface area contributed by atoms with Crippen molar-refractivity contribution in [2.24, 2.45) is 0 Å². The number of furan rings is 1. The molecule has 3 rings (SSSR count). The highest BCUT2D eigenvalue weighted by Gasteiger charge is 2.16. The second-order valence-corrected chi connectivity index (χ2v) is 6.99. The summed E-state index contributed by atoms with van der Waals surface area (Å²) in [7, 11) is 5.67. The van der Waals surface area contributed by atoms with E-state index < -0.39 is 0 Å². The van der Waals surface area contributed by atoms with Gasteiger partial charge in [0.2, 0.25) is 5.91 Å². The fourth-order valence-electron chi connectivity index (χ4n) is 3.20. The maximum Gasteiger partial charge on any atom is 0.224 e. The Morgan fingerprint density at radius 2 is 1.93 bits per heavy atom. The van der Waals surface area contributed by atoms with Crippen LogP contribution in [0.2, 0.25) is 0 Å². The first kappa shape index (κ1) is 19.0. The van der Waals surface area contributed by atoms with Gasteiger partial charge in [0, 0.05) is 17.5 Å². The molecular weight excluding hydrogens is 340 g/mol. The molecule has 5 heteroatoms. The lowest BCUT2D eigenvalue weighted by Crippen LogP contribution is -2.35. The Labute approximate surface area is 159 Å². The Morgan fingerprint density at radius 1 is 1.19 bits per heavy atom. The molecule has 0 saturated carbocycles. The summed E-state index contributed by atoms with van der Waals surface area (Å²) in [6.45, 7) is 2.56. The number of rotatable bonds is 7. The number of methoxy groups -OCH3 is 1. The van der Waals surface area contributed by atoms with Crippen molar-refractivity contribution >= 4 is 16.9 Å². The first-order chi connectivity index (χ1) is 13.0. The number of carbonyl (C=O) groups excluding carboxylic acids is 1. The molecule has 2 aromatic carbocycles. The molecule has 1 N–H and O–H groups in total. The van der Waals surface area contributed by atoms with Gasteiger partial charge in [-0.3, -0.25) is 4.79 Å². The van der Waals surface area contributed by atoms with Gasteiger partial charge in [0.15, 0.2) is 0 Å². The van der Waals surface area contributed by atoms with Gasteiger partial charge < -0.3 is 19.4 Å². The van der Waals surface area contributed by atoms with Gasteiger partial charge in [-0.15, -0.1) is 0 Å². The number of fused-ring (bicyclic) bond motifs is 1. The lowest BCUT2D eigenvalue weighted by atomic mass is 10.1. The van der Waals surface area contributed by atoms with Crippen LogP contribution in [0.1, 0.15) is 22.7 Å². The minimum atomic E-state index is -0.0152. The average Bonchev–Trinajstić information content (AvgIpc) is 3.03. The molecule has 0 aliphatic heterocycles. The topological polar surface area (TPSA) is 54.7 Å². The molecule has 3 aromatic rings. The Kier molecular flexibility index (Phi) is 5.81. The normalized spacial score (nSPS) is 12.3. The molecule has 0 bridgehead atoms. The van der Waals surface area contributed by atoms with Crippen LogP contribution >= 0.6 is 0 Å². The summed E-state index contributed by atoms with van der Waals surface area (Å²) in [5, 5.41) is 4.05. The van der Waals surface area contributed by atoms with Gasteiger partial charge in [-0.25, -0.2) is 0 Å². The van der Waals surface area contributed by atoms with E-state index >= 15 is 0 Å². The molecule has 0 spiro atoms. The van der Waals surface area contributed by atoms with Gasteiger partial charge in [-0.2, -0.15) is 0 Å². The van der Waals surface area contributed by atoms with E-state index in [2.05, 4.69) is 10.2 Å². The maximum absolute atomic E-state index is 12.5. The number of nitrogens with one attached hydrogen (secondary N) is 1. The predicted molar refractivity (Wildman–Crippen MR) is 107 cm³/mol. The highest BCUT2D eigenvalue weighted by atomic mass is 16.5. The third kappa shape index (κ3) is 4.49. The van der Waals surface area contributed by atoms with Gasteiger partial charge in [-0.1, -0.05) is 24.3 Å². The molecule has 0 unspecified atom stereocenters. The van der Waals surface area contributed by atoms with E-state index in [1.165, 1.54) is 0 Å². The van der Waals surface area contributed by atoms with Crippen molar-refractivity contribution in [1.82, 2.24) is 10.2 Å². The van der Waals surface area contributed by atoms with Crippen LogP contribution in [0.4, 0.5) is 0 Å². The highest BCUT2D eigenvalue weighted by Crippen LogP contribution is 2.23. The Morgan fingerprint density at radius 3 is 2.59 bits per heavy atom. The molecule has 1 aromatic heterocycles. The fourth-order valence-corrected chi connectivity index (χ4v) is 3.20. The second-order valence-electron chi connectivity index (χ2n) is 6.99. The molecule has 0 fully saturated rings. The van der Waals surface area contributed by atoms with Gasteiger partial charge in [-0.05, 0) is 50.3 Å². The van der Waals surface area contributed by atoms with E-state index in [4.69, 9.17) is 9.15 Å². The molecule has 0 aliphatic carbocycles. The van der Waals surface area contributed by atoms with Crippen molar-refractivity contribution in [1.29, 1.82) is 0 Å². The number of nitrogens with zero attached hydrogens (tertiary/aromatic N) is 1. The first-order valence-electron chi connectivity index (χ1n) is 9.01. The van der Waals surface area contributed by atoms with Gasteiger partial charge in [0.25, 0.3) is 0 Å². The van der Waals surface area contributed by atoms with Crippen LogP contribution in [0.25, 0.3) is 11.0 Å². The van der Waals surface area contributed by atoms with Crippen molar-refractivity contribution < 1.29 is 13.9 Å². The minimum absolute atomic E-state index is 0.0152. The summed E-state index contributed by atoms with van der Waals surface area (Å²) in [6.07, 6.45) is 1.98. The SMILES string of the molecule is COc1ccc([C@H](CNC(=O)Cc2coc3cc(C)ccc23)N(C)C)cc1. The highest BCUT2D eigenvalue weighted by molar-refractivity contribution is 5.87. The first-order valence-corrected chi connectivity index (χ1v) is 9.01. The zero-order valence-electron chi connectivity index (χ0n) is 16.3. The molecule has 5 nitrogen and oxygen atoms in total. The molecule has 27 heavy (non-hydrogen) atoms. The lowest BCUT2D eigenvalue weighted by Gasteiger charge is -2.25.